The Balaban J connectivity index is 1.35. The molecule has 0 spiro atoms. The van der Waals surface area contributed by atoms with Gasteiger partial charge in [-0.2, -0.15) is 26.3 Å². The van der Waals surface area contributed by atoms with Gasteiger partial charge in [-0.15, -0.1) is 0 Å². The minimum absolute atomic E-state index is 0.0178. The van der Waals surface area contributed by atoms with Crippen LogP contribution in [0.15, 0.2) is 30.4 Å². The molecule has 22 heteroatoms. The van der Waals surface area contributed by atoms with Gasteiger partial charge in [0.2, 0.25) is 39.0 Å². The third kappa shape index (κ3) is 9.15. The van der Waals surface area contributed by atoms with E-state index in [-0.39, 0.29) is 36.0 Å². The van der Waals surface area contributed by atoms with Crippen LogP contribution in [0, 0.1) is 5.92 Å². The molecule has 2 saturated carbocycles. The van der Waals surface area contributed by atoms with Crippen LogP contribution in [0.1, 0.15) is 84.3 Å². The van der Waals surface area contributed by atoms with E-state index in [1.807, 2.05) is 0 Å². The van der Waals surface area contributed by atoms with Crippen molar-refractivity contribution in [2.45, 2.75) is 125 Å². The number of amides is 4. The van der Waals surface area contributed by atoms with Crippen LogP contribution < -0.4 is 24.8 Å². The van der Waals surface area contributed by atoms with Crippen molar-refractivity contribution in [3.05, 3.63) is 36.0 Å². The fourth-order valence-corrected chi connectivity index (χ4v) is 8.29. The van der Waals surface area contributed by atoms with E-state index in [1.54, 1.807) is 12.2 Å². The summed E-state index contributed by atoms with van der Waals surface area (Å²) in [6, 6.07) is 0.808. The maximum absolute atomic E-state index is 14.4. The van der Waals surface area contributed by atoms with Crippen molar-refractivity contribution in [1.29, 1.82) is 0 Å². The Morgan fingerprint density at radius 2 is 1.73 bits per heavy atom. The largest absolute Gasteiger partial charge is 0.497 e. The van der Waals surface area contributed by atoms with Crippen LogP contribution in [0.3, 0.4) is 0 Å². The summed E-state index contributed by atoms with van der Waals surface area (Å²) in [6.07, 6.45) is -7.95. The maximum atomic E-state index is 14.4. The van der Waals surface area contributed by atoms with Crippen molar-refractivity contribution in [2.75, 3.05) is 13.7 Å². The molecule has 2 aromatic rings. The molecule has 324 valence electrons. The van der Waals surface area contributed by atoms with Crippen LogP contribution in [0.4, 0.5) is 31.1 Å². The highest BCUT2D eigenvalue weighted by Crippen LogP contribution is 2.48. The lowest BCUT2D eigenvalue weighted by molar-refractivity contribution is -0.244. The fourth-order valence-electron chi connectivity index (χ4n) is 6.98. The second-order valence-corrected chi connectivity index (χ2v) is 18.2. The SMILES string of the molecule is COc1ccc2nc(O[C@@H]3C[C@H]4C(=O)N[C@]5(C(=O)NS(=O)(=O)C6(C)CC6)C[C@H]5/C=C\CCCCC[C@H](NC(=O)OC(C)(C)C(F)(F)F)C(=O)N4C3)c(C(F)(F)F)nc2c1. The lowest BCUT2D eigenvalue weighted by atomic mass is 10.0. The molecule has 3 fully saturated rings. The van der Waals surface area contributed by atoms with Crippen molar-refractivity contribution in [2.24, 2.45) is 5.92 Å². The van der Waals surface area contributed by atoms with Gasteiger partial charge in [-0.25, -0.2) is 23.2 Å². The van der Waals surface area contributed by atoms with E-state index in [0.717, 1.165) is 4.90 Å². The number of aromatic nitrogens is 2. The number of hydrogen-bond donors (Lipinski definition) is 3. The molecule has 6 rings (SSSR count). The number of ether oxygens (including phenoxy) is 3. The summed E-state index contributed by atoms with van der Waals surface area (Å²) >= 11 is 0. The number of halogens is 6. The van der Waals surface area contributed by atoms with Gasteiger partial charge in [0, 0.05) is 18.4 Å². The highest BCUT2D eigenvalue weighted by atomic mass is 32.2. The summed E-state index contributed by atoms with van der Waals surface area (Å²) in [7, 11) is -2.86. The van der Waals surface area contributed by atoms with Crippen molar-refractivity contribution in [3.63, 3.8) is 0 Å². The van der Waals surface area contributed by atoms with Crippen LogP contribution in [0.5, 0.6) is 11.6 Å². The zero-order chi connectivity index (χ0) is 43.3. The van der Waals surface area contributed by atoms with E-state index in [2.05, 4.69) is 30.1 Å². The number of nitrogens with one attached hydrogen (secondary N) is 3. The normalized spacial score (nSPS) is 26.9. The number of alkyl halides is 6. The summed E-state index contributed by atoms with van der Waals surface area (Å²) in [5.74, 6) is -4.48. The van der Waals surface area contributed by atoms with Crippen LogP contribution in [-0.2, 0) is 35.3 Å². The Morgan fingerprint density at radius 1 is 1.02 bits per heavy atom. The minimum atomic E-state index is -5.10. The zero-order valence-electron chi connectivity index (χ0n) is 32.5. The summed E-state index contributed by atoms with van der Waals surface area (Å²) in [5, 5.41) is 4.79. The smallest absolute Gasteiger partial charge is 0.438 e. The van der Waals surface area contributed by atoms with Crippen LogP contribution >= 0.6 is 0 Å². The Hall–Kier alpha value is -4.89. The zero-order valence-corrected chi connectivity index (χ0v) is 33.3. The van der Waals surface area contributed by atoms with E-state index in [9.17, 15) is 53.9 Å². The molecule has 0 bridgehead atoms. The number of alkyl carbamates (subject to hydrolysis) is 1. The van der Waals surface area contributed by atoms with E-state index in [0.29, 0.717) is 46.0 Å². The van der Waals surface area contributed by atoms with Gasteiger partial charge in [0.25, 0.3) is 5.91 Å². The van der Waals surface area contributed by atoms with E-state index in [1.165, 1.54) is 32.2 Å². The van der Waals surface area contributed by atoms with Gasteiger partial charge in [0.15, 0.2) is 0 Å². The molecular formula is C37H44F6N6O9S. The first-order valence-corrected chi connectivity index (χ1v) is 20.4. The maximum Gasteiger partial charge on any atom is 0.438 e. The van der Waals surface area contributed by atoms with Gasteiger partial charge in [-0.1, -0.05) is 25.0 Å². The summed E-state index contributed by atoms with van der Waals surface area (Å²) < 4.78 is 127. The Kier molecular flexibility index (Phi) is 11.6. The molecule has 4 amide bonds. The fraction of sp³-hybridized carbons (Fsp3) is 0.622. The first-order valence-electron chi connectivity index (χ1n) is 18.9. The molecule has 2 aliphatic heterocycles. The number of carbonyl (C=O) groups is 4. The predicted octanol–water partition coefficient (Wildman–Crippen LogP) is 4.83. The number of carbonyl (C=O) groups excluding carboxylic acids is 4. The number of fused-ring (bicyclic) bond motifs is 3. The molecule has 0 radical (unpaired) electrons. The Morgan fingerprint density at radius 3 is 2.37 bits per heavy atom. The molecule has 1 saturated heterocycles. The molecule has 5 atom stereocenters. The van der Waals surface area contributed by atoms with Crippen LogP contribution in [0.25, 0.3) is 11.0 Å². The second-order valence-electron chi connectivity index (χ2n) is 16.0. The van der Waals surface area contributed by atoms with Gasteiger partial charge >= 0.3 is 18.4 Å². The number of nitrogens with zero attached hydrogens (tertiary/aromatic N) is 3. The third-order valence-electron chi connectivity index (χ3n) is 11.2. The molecule has 3 heterocycles. The van der Waals surface area contributed by atoms with Crippen molar-refractivity contribution in [3.8, 4) is 11.6 Å². The number of hydrogen-bond acceptors (Lipinski definition) is 11. The second kappa shape index (κ2) is 15.6. The van der Waals surface area contributed by atoms with Crippen molar-refractivity contribution < 1.29 is 68.1 Å². The minimum Gasteiger partial charge on any atom is -0.497 e. The van der Waals surface area contributed by atoms with Crippen LogP contribution in [-0.4, -0.2) is 101 Å². The number of methoxy groups -OCH3 is 1. The number of rotatable bonds is 8. The van der Waals surface area contributed by atoms with E-state index >= 15 is 0 Å². The average molecular weight is 863 g/mol. The standard InChI is InChI=1S/C37H44F6N6O9S/c1-33(2,37(41,42)43)58-32(53)46-24-11-9-7-5-6-8-10-20-18-35(20,31(52)48-59(54,55)34(3)14-15-34)47-28(50)26-17-22(19-49(26)30(24)51)57-29-27(36(38,39)40)44-25-16-21(56-4)12-13-23(25)45-29/h8,10,12-13,16,20,22,24,26H,5-7,9,11,14-15,17-19H2,1-4H3,(H,46,53)(H,47,50)(H,48,52)/b10-8-/t20-,22-,24+,26+,35-/m1/s1. The molecule has 59 heavy (non-hydrogen) atoms. The lowest BCUT2D eigenvalue weighted by Gasteiger charge is -2.31. The van der Waals surface area contributed by atoms with E-state index in [4.69, 9.17) is 9.47 Å². The van der Waals surface area contributed by atoms with Gasteiger partial charge < -0.3 is 29.7 Å². The van der Waals surface area contributed by atoms with Gasteiger partial charge in [-0.05, 0) is 71.4 Å². The van der Waals surface area contributed by atoms with Gasteiger partial charge in [0.05, 0.1) is 29.4 Å². The first kappa shape index (κ1) is 43.7. The third-order valence-corrected chi connectivity index (χ3v) is 13.3. The molecule has 15 nitrogen and oxygen atoms in total. The molecule has 1 aromatic heterocycles. The van der Waals surface area contributed by atoms with Crippen molar-refractivity contribution >= 4 is 44.9 Å². The summed E-state index contributed by atoms with van der Waals surface area (Å²) in [4.78, 5) is 64.0. The van der Waals surface area contributed by atoms with Crippen LogP contribution in [0.2, 0.25) is 0 Å². The lowest BCUT2D eigenvalue weighted by Crippen LogP contribution is -2.59. The number of benzene rings is 1. The Labute approximate surface area is 335 Å². The molecule has 1 aromatic carbocycles. The predicted molar refractivity (Wildman–Crippen MR) is 195 cm³/mol. The van der Waals surface area contributed by atoms with Gasteiger partial charge in [0.1, 0.15) is 29.5 Å². The molecule has 0 unspecified atom stereocenters. The highest BCUT2D eigenvalue weighted by Gasteiger charge is 2.63. The average Bonchev–Trinajstić information content (AvgIpc) is 4.02. The van der Waals surface area contributed by atoms with E-state index < -0.39 is 111 Å². The number of sulfonamides is 1. The number of allylic oxidation sites excluding steroid dienone is 1. The van der Waals surface area contributed by atoms with Gasteiger partial charge in [-0.3, -0.25) is 19.1 Å². The molecule has 3 N–H and O–H groups in total. The molecular weight excluding hydrogens is 818 g/mol. The molecule has 4 aliphatic rings. The quantitative estimate of drug-likeness (QED) is 0.243. The first-order chi connectivity index (χ1) is 27.4. The highest BCUT2D eigenvalue weighted by molar-refractivity contribution is 7.91. The topological polar surface area (TPSA) is 195 Å². The monoisotopic (exact) mass is 862 g/mol. The molecule has 2 aliphatic carbocycles. The summed E-state index contributed by atoms with van der Waals surface area (Å²) in [5.41, 5.74) is -6.48. The van der Waals surface area contributed by atoms with Crippen molar-refractivity contribution in [1.82, 2.24) is 30.2 Å². The summed E-state index contributed by atoms with van der Waals surface area (Å²) in [6.45, 7) is 2.09. The Bertz CT molecular complexity index is 2150.